The molecule has 0 saturated carbocycles. The molecule has 1 aromatic heterocycles. The first-order valence-electron chi connectivity index (χ1n) is 3.13. The predicted octanol–water partition coefficient (Wildman–Crippen LogP) is 0.367. The summed E-state index contributed by atoms with van der Waals surface area (Å²) in [6.07, 6.45) is 0.661. The number of hydrogen-bond donors (Lipinski definition) is 2. The number of nitrogens with two attached hydrogens (primary N) is 2. The van der Waals surface area contributed by atoms with E-state index in [4.69, 9.17) is 11.5 Å². The molecule has 11 heavy (non-hydrogen) atoms. The summed E-state index contributed by atoms with van der Waals surface area (Å²) in [5.41, 5.74) is 12.0. The van der Waals surface area contributed by atoms with Crippen LogP contribution < -0.4 is 11.5 Å². The lowest BCUT2D eigenvalue weighted by Gasteiger charge is -2.01. The number of carbonyl (C=O) groups excluding carboxylic acids is 1. The predicted molar refractivity (Wildman–Crippen MR) is 43.2 cm³/mol. The Bertz CT molecular complexity index is 296. The lowest BCUT2D eigenvalue weighted by atomic mass is 10.2. The van der Waals surface area contributed by atoms with Crippen LogP contribution in [0.15, 0.2) is 6.07 Å². The number of aryl methyl sites for hydroxylation is 1. The van der Waals surface area contributed by atoms with Crippen molar-refractivity contribution in [3.63, 3.8) is 0 Å². The molecule has 4 N–H and O–H groups in total. The minimum Gasteiger partial charge on any atom is -0.383 e. The first-order valence-corrected chi connectivity index (χ1v) is 3.13. The van der Waals surface area contributed by atoms with E-state index in [-0.39, 0.29) is 5.82 Å². The molecule has 4 heteroatoms. The van der Waals surface area contributed by atoms with Crippen LogP contribution in [0.1, 0.15) is 15.9 Å². The number of anilines is 2. The molecule has 0 bridgehead atoms. The highest BCUT2D eigenvalue weighted by Crippen LogP contribution is 2.13. The lowest BCUT2D eigenvalue weighted by Crippen LogP contribution is -2.02. The van der Waals surface area contributed by atoms with Gasteiger partial charge in [0.15, 0.2) is 6.29 Å². The first-order chi connectivity index (χ1) is 5.15. The smallest absolute Gasteiger partial charge is 0.153 e. The van der Waals surface area contributed by atoms with Gasteiger partial charge in [-0.15, -0.1) is 0 Å². The molecule has 0 spiro atoms. The summed E-state index contributed by atoms with van der Waals surface area (Å²) >= 11 is 0. The summed E-state index contributed by atoms with van der Waals surface area (Å²) in [5.74, 6) is 0.552. The van der Waals surface area contributed by atoms with Crippen molar-refractivity contribution >= 4 is 17.9 Å². The summed E-state index contributed by atoms with van der Waals surface area (Å²) in [6, 6.07) is 1.62. The van der Waals surface area contributed by atoms with Gasteiger partial charge in [-0.05, 0) is 18.6 Å². The van der Waals surface area contributed by atoms with Crippen LogP contribution in [0.5, 0.6) is 0 Å². The second-order valence-electron chi connectivity index (χ2n) is 2.28. The average molecular weight is 151 g/mol. The quantitative estimate of drug-likeness (QED) is 0.568. The molecule has 0 aliphatic rings. The molecule has 0 fully saturated rings. The van der Waals surface area contributed by atoms with Gasteiger partial charge in [-0.25, -0.2) is 4.98 Å². The third kappa shape index (κ3) is 1.29. The highest BCUT2D eigenvalue weighted by molar-refractivity contribution is 5.82. The fraction of sp³-hybridized carbons (Fsp3) is 0.143. The molecule has 58 valence electrons. The highest BCUT2D eigenvalue weighted by Gasteiger charge is 2.02. The van der Waals surface area contributed by atoms with Gasteiger partial charge in [0.1, 0.15) is 11.6 Å². The molecule has 0 aliphatic carbocycles. The van der Waals surface area contributed by atoms with Crippen LogP contribution in [-0.4, -0.2) is 11.3 Å². The third-order valence-corrected chi connectivity index (χ3v) is 1.44. The molecule has 0 atom stereocenters. The van der Waals surface area contributed by atoms with E-state index in [1.165, 1.54) is 0 Å². The number of carbonyl (C=O) groups is 1. The van der Waals surface area contributed by atoms with Crippen molar-refractivity contribution in [2.24, 2.45) is 0 Å². The van der Waals surface area contributed by atoms with E-state index in [1.54, 1.807) is 13.0 Å². The van der Waals surface area contributed by atoms with E-state index < -0.39 is 0 Å². The summed E-state index contributed by atoms with van der Waals surface area (Å²) in [6.45, 7) is 1.77. The van der Waals surface area contributed by atoms with Crippen LogP contribution in [0.25, 0.3) is 0 Å². The Morgan fingerprint density at radius 2 is 2.09 bits per heavy atom. The van der Waals surface area contributed by atoms with E-state index in [9.17, 15) is 4.79 Å². The van der Waals surface area contributed by atoms with E-state index in [1.807, 2.05) is 0 Å². The maximum absolute atomic E-state index is 10.3. The number of nitrogen functional groups attached to an aromatic ring is 2. The molecule has 0 unspecified atom stereocenters. The van der Waals surface area contributed by atoms with Crippen LogP contribution in [-0.2, 0) is 0 Å². The Hall–Kier alpha value is -1.58. The molecular formula is C7H9N3O. The SMILES string of the molecule is Cc1cc(C=O)c(N)nc1N. The van der Waals surface area contributed by atoms with Crippen molar-refractivity contribution in [2.75, 3.05) is 11.5 Å². The number of aromatic nitrogens is 1. The van der Waals surface area contributed by atoms with Crippen molar-refractivity contribution in [1.82, 2.24) is 4.98 Å². The minimum atomic E-state index is 0.183. The summed E-state index contributed by atoms with van der Waals surface area (Å²) in [4.78, 5) is 14.1. The van der Waals surface area contributed by atoms with Crippen LogP contribution in [0.2, 0.25) is 0 Å². The van der Waals surface area contributed by atoms with Gasteiger partial charge in [-0.1, -0.05) is 0 Å². The van der Waals surface area contributed by atoms with Gasteiger partial charge >= 0.3 is 0 Å². The zero-order chi connectivity index (χ0) is 8.43. The number of hydrogen-bond acceptors (Lipinski definition) is 4. The Morgan fingerprint density at radius 3 is 2.64 bits per heavy atom. The van der Waals surface area contributed by atoms with Gasteiger partial charge in [0.05, 0.1) is 5.56 Å². The first kappa shape index (κ1) is 7.53. The van der Waals surface area contributed by atoms with Gasteiger partial charge in [-0.2, -0.15) is 0 Å². The maximum Gasteiger partial charge on any atom is 0.153 e. The van der Waals surface area contributed by atoms with Gasteiger partial charge in [0.2, 0.25) is 0 Å². The minimum absolute atomic E-state index is 0.183. The Kier molecular flexibility index (Phi) is 1.76. The lowest BCUT2D eigenvalue weighted by molar-refractivity contribution is 0.112. The van der Waals surface area contributed by atoms with Crippen molar-refractivity contribution in [1.29, 1.82) is 0 Å². The number of aldehydes is 1. The van der Waals surface area contributed by atoms with Gasteiger partial charge in [0, 0.05) is 0 Å². The average Bonchev–Trinajstić information content (AvgIpc) is 1.97. The van der Waals surface area contributed by atoms with Crippen molar-refractivity contribution < 1.29 is 4.79 Å². The standard InChI is InChI=1S/C7H9N3O/c1-4-2-5(3-11)7(9)10-6(4)8/h2-3H,1H3,(H4,8,9,10). The van der Waals surface area contributed by atoms with Crippen molar-refractivity contribution in [3.05, 3.63) is 17.2 Å². The Labute approximate surface area is 64.2 Å². The van der Waals surface area contributed by atoms with Gasteiger partial charge in [0.25, 0.3) is 0 Å². The van der Waals surface area contributed by atoms with Crippen LogP contribution in [0.4, 0.5) is 11.6 Å². The van der Waals surface area contributed by atoms with Gasteiger partial charge < -0.3 is 11.5 Å². The van der Waals surface area contributed by atoms with Crippen LogP contribution >= 0.6 is 0 Å². The summed E-state index contributed by atoms with van der Waals surface area (Å²) in [7, 11) is 0. The van der Waals surface area contributed by atoms with E-state index in [0.717, 1.165) is 5.56 Å². The Balaban J connectivity index is 3.31. The zero-order valence-corrected chi connectivity index (χ0v) is 6.16. The van der Waals surface area contributed by atoms with Crippen molar-refractivity contribution in [3.8, 4) is 0 Å². The van der Waals surface area contributed by atoms with E-state index >= 15 is 0 Å². The molecule has 1 aromatic rings. The molecule has 0 aliphatic heterocycles. The zero-order valence-electron chi connectivity index (χ0n) is 6.16. The monoisotopic (exact) mass is 151 g/mol. The van der Waals surface area contributed by atoms with E-state index in [0.29, 0.717) is 17.7 Å². The Morgan fingerprint density at radius 1 is 1.45 bits per heavy atom. The van der Waals surface area contributed by atoms with Crippen LogP contribution in [0, 0.1) is 6.92 Å². The molecular weight excluding hydrogens is 142 g/mol. The molecule has 0 radical (unpaired) electrons. The molecule has 0 saturated heterocycles. The molecule has 1 rings (SSSR count). The fourth-order valence-electron chi connectivity index (χ4n) is 0.758. The highest BCUT2D eigenvalue weighted by atomic mass is 16.1. The molecule has 1 heterocycles. The van der Waals surface area contributed by atoms with Gasteiger partial charge in [-0.3, -0.25) is 4.79 Å². The number of nitrogens with zero attached hydrogens (tertiary/aromatic N) is 1. The van der Waals surface area contributed by atoms with Crippen molar-refractivity contribution in [2.45, 2.75) is 6.92 Å². The normalized spacial score (nSPS) is 9.55. The molecule has 0 amide bonds. The topological polar surface area (TPSA) is 82.0 Å². The largest absolute Gasteiger partial charge is 0.383 e. The maximum atomic E-state index is 10.3. The summed E-state index contributed by atoms with van der Waals surface area (Å²) < 4.78 is 0. The number of pyridine rings is 1. The second kappa shape index (κ2) is 2.57. The molecule has 0 aromatic carbocycles. The second-order valence-corrected chi connectivity index (χ2v) is 2.28. The van der Waals surface area contributed by atoms with E-state index in [2.05, 4.69) is 4.98 Å². The number of rotatable bonds is 1. The summed E-state index contributed by atoms with van der Waals surface area (Å²) in [5, 5.41) is 0. The third-order valence-electron chi connectivity index (χ3n) is 1.44. The fourth-order valence-corrected chi connectivity index (χ4v) is 0.758. The molecule has 4 nitrogen and oxygen atoms in total. The van der Waals surface area contributed by atoms with Crippen LogP contribution in [0.3, 0.4) is 0 Å².